The monoisotopic (exact) mass is 120 g/mol. The fourth-order valence-electron chi connectivity index (χ4n) is 0.175. The Morgan fingerprint density at radius 3 is 2.12 bits per heavy atom. The molecular weight excluding hydrogens is 108 g/mol. The molecule has 0 fully saturated rings. The highest BCUT2D eigenvalue weighted by Crippen LogP contribution is 1.97. The van der Waals surface area contributed by atoms with Crippen molar-refractivity contribution in [3.05, 3.63) is 0 Å². The molecule has 0 aromatic rings. The molecule has 0 saturated heterocycles. The first-order valence-corrected chi connectivity index (χ1v) is 2.41. The second-order valence-electron chi connectivity index (χ2n) is 1.65. The van der Waals surface area contributed by atoms with Crippen molar-refractivity contribution < 1.29 is 15.4 Å². The molecule has 0 amide bonds. The van der Waals surface area contributed by atoms with Gasteiger partial charge in [-0.25, -0.2) is 0 Å². The van der Waals surface area contributed by atoms with E-state index in [2.05, 4.69) is 0 Å². The lowest BCUT2D eigenvalue weighted by Crippen LogP contribution is -2.06. The lowest BCUT2D eigenvalue weighted by atomic mass is 10.1. The van der Waals surface area contributed by atoms with E-state index in [9.17, 15) is 4.79 Å². The van der Waals surface area contributed by atoms with E-state index in [1.165, 1.54) is 0 Å². The predicted octanol–water partition coefficient (Wildman–Crippen LogP) is 0.292. The van der Waals surface area contributed by atoms with Crippen LogP contribution in [0.5, 0.6) is 0 Å². The topological polar surface area (TPSA) is 68.8 Å². The van der Waals surface area contributed by atoms with Gasteiger partial charge in [-0.2, -0.15) is 0 Å². The first-order chi connectivity index (χ1) is 3.18. The van der Waals surface area contributed by atoms with Gasteiger partial charge in [-0.15, -0.1) is 0 Å². The molecule has 0 saturated carbocycles. The molecule has 0 aliphatic rings. The summed E-state index contributed by atoms with van der Waals surface area (Å²) in [5.74, 6) is -0.887. The summed E-state index contributed by atoms with van der Waals surface area (Å²) in [4.78, 5) is 9.93. The Kier molecular flexibility index (Phi) is 5.97. The standard InChI is InChI=1S/C5H10O2.H2O/c1-3-4(2)5(6)7;/h4H,3H2,1-2H3,(H,6,7);1H2. The van der Waals surface area contributed by atoms with Crippen LogP contribution in [0.2, 0.25) is 0 Å². The van der Waals surface area contributed by atoms with Crippen molar-refractivity contribution >= 4 is 5.97 Å². The van der Waals surface area contributed by atoms with Crippen molar-refractivity contribution in [1.29, 1.82) is 0 Å². The van der Waals surface area contributed by atoms with Crippen LogP contribution in [0.15, 0.2) is 0 Å². The van der Waals surface area contributed by atoms with Crippen LogP contribution in [0.3, 0.4) is 0 Å². The van der Waals surface area contributed by atoms with Crippen LogP contribution in [0, 0.1) is 5.92 Å². The minimum Gasteiger partial charge on any atom is -0.481 e. The molecule has 50 valence electrons. The zero-order valence-electron chi connectivity index (χ0n) is 5.14. The van der Waals surface area contributed by atoms with Crippen molar-refractivity contribution in [2.24, 2.45) is 5.92 Å². The Morgan fingerprint density at radius 1 is 1.75 bits per heavy atom. The molecule has 0 bridgehead atoms. The van der Waals surface area contributed by atoms with E-state index in [4.69, 9.17) is 5.11 Å². The Bertz CT molecular complexity index is 70.1. The maximum absolute atomic E-state index is 9.93. The van der Waals surface area contributed by atoms with Gasteiger partial charge in [0.2, 0.25) is 0 Å². The maximum Gasteiger partial charge on any atom is 0.306 e. The van der Waals surface area contributed by atoms with E-state index in [-0.39, 0.29) is 11.4 Å². The Balaban J connectivity index is 0. The van der Waals surface area contributed by atoms with Crippen LogP contribution in [0.25, 0.3) is 0 Å². The third kappa shape index (κ3) is 3.61. The molecule has 0 aromatic heterocycles. The van der Waals surface area contributed by atoms with E-state index in [1.54, 1.807) is 6.92 Å². The van der Waals surface area contributed by atoms with Crippen LogP contribution in [0.4, 0.5) is 0 Å². The summed E-state index contributed by atoms with van der Waals surface area (Å²) in [7, 11) is 0. The summed E-state index contributed by atoms with van der Waals surface area (Å²) in [6.07, 6.45) is 0.718. The summed E-state index contributed by atoms with van der Waals surface area (Å²) < 4.78 is 0. The number of rotatable bonds is 2. The molecule has 0 aliphatic heterocycles. The molecule has 0 aliphatic carbocycles. The lowest BCUT2D eigenvalue weighted by molar-refractivity contribution is -0.141. The van der Waals surface area contributed by atoms with Crippen LogP contribution in [0.1, 0.15) is 20.3 Å². The molecule has 0 aromatic carbocycles. The fraction of sp³-hybridized carbons (Fsp3) is 0.800. The van der Waals surface area contributed by atoms with Gasteiger partial charge in [-0.05, 0) is 6.42 Å². The number of aliphatic carboxylic acids is 1. The molecule has 0 radical (unpaired) electrons. The Morgan fingerprint density at radius 2 is 2.12 bits per heavy atom. The van der Waals surface area contributed by atoms with Crippen molar-refractivity contribution in [3.63, 3.8) is 0 Å². The SMILES string of the molecule is CCC(C)C(=O)O.O. The van der Waals surface area contributed by atoms with E-state index in [0.29, 0.717) is 0 Å². The lowest BCUT2D eigenvalue weighted by Gasteiger charge is -1.96. The molecule has 1 atom stereocenters. The van der Waals surface area contributed by atoms with Crippen LogP contribution in [-0.2, 0) is 4.79 Å². The molecule has 0 spiro atoms. The van der Waals surface area contributed by atoms with Gasteiger partial charge in [0.05, 0.1) is 5.92 Å². The van der Waals surface area contributed by atoms with Gasteiger partial charge >= 0.3 is 5.97 Å². The average Bonchev–Trinajstić information content (AvgIpc) is 1.65. The second kappa shape index (κ2) is 4.59. The summed E-state index contributed by atoms with van der Waals surface area (Å²) in [6, 6.07) is 0. The number of carboxylic acids is 1. The molecular formula is C5H12O3. The maximum atomic E-state index is 9.93. The van der Waals surface area contributed by atoms with E-state index in [0.717, 1.165) is 6.42 Å². The smallest absolute Gasteiger partial charge is 0.306 e. The fourth-order valence-corrected chi connectivity index (χ4v) is 0.175. The van der Waals surface area contributed by atoms with Gasteiger partial charge in [-0.1, -0.05) is 13.8 Å². The molecule has 3 nitrogen and oxygen atoms in total. The number of hydrogen-bond donors (Lipinski definition) is 1. The minimum atomic E-state index is -0.706. The van der Waals surface area contributed by atoms with E-state index in [1.807, 2.05) is 6.92 Å². The molecule has 1 unspecified atom stereocenters. The molecule has 8 heavy (non-hydrogen) atoms. The van der Waals surface area contributed by atoms with Crippen molar-refractivity contribution in [2.45, 2.75) is 20.3 Å². The van der Waals surface area contributed by atoms with Crippen LogP contribution >= 0.6 is 0 Å². The quantitative estimate of drug-likeness (QED) is 0.569. The summed E-state index contributed by atoms with van der Waals surface area (Å²) >= 11 is 0. The van der Waals surface area contributed by atoms with Crippen molar-refractivity contribution in [1.82, 2.24) is 0 Å². The summed E-state index contributed by atoms with van der Waals surface area (Å²) in [6.45, 7) is 3.56. The number of carbonyl (C=O) groups is 1. The first kappa shape index (κ1) is 10.4. The van der Waals surface area contributed by atoms with Crippen molar-refractivity contribution in [2.75, 3.05) is 0 Å². The van der Waals surface area contributed by atoms with Gasteiger partial charge in [0.1, 0.15) is 0 Å². The number of hydrogen-bond acceptors (Lipinski definition) is 1. The first-order valence-electron chi connectivity index (χ1n) is 2.41. The molecule has 0 heterocycles. The average molecular weight is 120 g/mol. The third-order valence-corrected chi connectivity index (χ3v) is 1.03. The molecule has 0 rings (SSSR count). The van der Waals surface area contributed by atoms with Crippen molar-refractivity contribution in [3.8, 4) is 0 Å². The van der Waals surface area contributed by atoms with E-state index < -0.39 is 5.97 Å². The highest BCUT2D eigenvalue weighted by atomic mass is 16.4. The van der Waals surface area contributed by atoms with Crippen LogP contribution < -0.4 is 0 Å². The Hall–Kier alpha value is -0.570. The van der Waals surface area contributed by atoms with E-state index >= 15 is 0 Å². The zero-order valence-corrected chi connectivity index (χ0v) is 5.14. The van der Waals surface area contributed by atoms with Gasteiger partial charge in [0.25, 0.3) is 0 Å². The second-order valence-corrected chi connectivity index (χ2v) is 1.65. The molecule has 3 heteroatoms. The largest absolute Gasteiger partial charge is 0.481 e. The third-order valence-electron chi connectivity index (χ3n) is 1.03. The molecule has 3 N–H and O–H groups in total. The van der Waals surface area contributed by atoms with Gasteiger partial charge in [0.15, 0.2) is 0 Å². The summed E-state index contributed by atoms with van der Waals surface area (Å²) in [5, 5.41) is 8.18. The van der Waals surface area contributed by atoms with Gasteiger partial charge in [-0.3, -0.25) is 4.79 Å². The number of carboxylic acid groups (broad SMARTS) is 1. The minimum absolute atomic E-state index is 0. The Labute approximate surface area is 48.6 Å². The van der Waals surface area contributed by atoms with Gasteiger partial charge < -0.3 is 10.6 Å². The normalized spacial score (nSPS) is 11.8. The predicted molar refractivity (Wildman–Crippen MR) is 30.7 cm³/mol. The zero-order chi connectivity index (χ0) is 5.86. The highest BCUT2D eigenvalue weighted by Gasteiger charge is 2.05. The highest BCUT2D eigenvalue weighted by molar-refractivity contribution is 5.69. The van der Waals surface area contributed by atoms with Gasteiger partial charge in [0, 0.05) is 0 Å². The summed E-state index contributed by atoms with van der Waals surface area (Å²) in [5.41, 5.74) is 0. The van der Waals surface area contributed by atoms with Crippen LogP contribution in [-0.4, -0.2) is 16.6 Å².